The van der Waals surface area contributed by atoms with Crippen LogP contribution in [0.3, 0.4) is 0 Å². The molecule has 122 valence electrons. The first-order chi connectivity index (χ1) is 11.8. The van der Waals surface area contributed by atoms with Crippen molar-refractivity contribution in [1.82, 2.24) is 19.9 Å². The van der Waals surface area contributed by atoms with Crippen molar-refractivity contribution in [3.63, 3.8) is 0 Å². The summed E-state index contributed by atoms with van der Waals surface area (Å²) < 4.78 is 12.8. The molecule has 24 heavy (non-hydrogen) atoms. The van der Waals surface area contributed by atoms with Gasteiger partial charge in [0.25, 0.3) is 0 Å². The number of ether oxygens (including phenoxy) is 2. The van der Waals surface area contributed by atoms with Crippen LogP contribution in [0.5, 0.6) is 11.5 Å². The smallest absolute Gasteiger partial charge is 0.231 e. The standard InChI is InChI=1S/C18H18N4O2/c1-13-7-16-17(24-12-23-16)8-15(13)10-20-9-14-3-2-4-21-18(14)22-6-5-19-11-22/h2-8,11,20H,9-10,12H2,1H3. The van der Waals surface area contributed by atoms with E-state index in [9.17, 15) is 0 Å². The molecule has 4 rings (SSSR count). The number of hydrogen-bond acceptors (Lipinski definition) is 5. The Morgan fingerprint density at radius 3 is 2.79 bits per heavy atom. The summed E-state index contributed by atoms with van der Waals surface area (Å²) >= 11 is 0. The molecule has 0 amide bonds. The number of aromatic nitrogens is 3. The third-order valence-electron chi connectivity index (χ3n) is 4.08. The van der Waals surface area contributed by atoms with Gasteiger partial charge in [-0.3, -0.25) is 4.57 Å². The predicted octanol–water partition coefficient (Wildman–Crippen LogP) is 2.59. The fourth-order valence-electron chi connectivity index (χ4n) is 2.79. The van der Waals surface area contributed by atoms with Crippen molar-refractivity contribution in [2.45, 2.75) is 20.0 Å². The molecule has 6 heteroatoms. The number of nitrogens with one attached hydrogen (secondary N) is 1. The van der Waals surface area contributed by atoms with Gasteiger partial charge in [0.1, 0.15) is 12.1 Å². The number of pyridine rings is 1. The first kappa shape index (κ1) is 14.7. The lowest BCUT2D eigenvalue weighted by molar-refractivity contribution is 0.174. The normalized spacial score (nSPS) is 12.5. The van der Waals surface area contributed by atoms with Gasteiger partial charge < -0.3 is 14.8 Å². The molecule has 0 spiro atoms. The molecule has 1 aliphatic rings. The second-order valence-corrected chi connectivity index (χ2v) is 5.69. The van der Waals surface area contributed by atoms with Crippen LogP contribution in [0, 0.1) is 6.92 Å². The van der Waals surface area contributed by atoms with Gasteiger partial charge in [-0.05, 0) is 36.2 Å². The van der Waals surface area contributed by atoms with E-state index in [0.717, 1.165) is 36.0 Å². The second-order valence-electron chi connectivity index (χ2n) is 5.69. The lowest BCUT2D eigenvalue weighted by atomic mass is 10.1. The van der Waals surface area contributed by atoms with Crippen LogP contribution in [0.25, 0.3) is 5.82 Å². The van der Waals surface area contributed by atoms with Gasteiger partial charge in [0.15, 0.2) is 11.5 Å². The highest BCUT2D eigenvalue weighted by Gasteiger charge is 2.15. The van der Waals surface area contributed by atoms with Crippen molar-refractivity contribution in [1.29, 1.82) is 0 Å². The van der Waals surface area contributed by atoms with E-state index < -0.39 is 0 Å². The Morgan fingerprint density at radius 2 is 1.96 bits per heavy atom. The number of hydrogen-bond donors (Lipinski definition) is 1. The van der Waals surface area contributed by atoms with Crippen molar-refractivity contribution < 1.29 is 9.47 Å². The van der Waals surface area contributed by atoms with Crippen molar-refractivity contribution >= 4 is 0 Å². The van der Waals surface area contributed by atoms with E-state index >= 15 is 0 Å². The van der Waals surface area contributed by atoms with Gasteiger partial charge in [-0.25, -0.2) is 9.97 Å². The van der Waals surface area contributed by atoms with Crippen molar-refractivity contribution in [3.8, 4) is 17.3 Å². The number of aryl methyl sites for hydroxylation is 1. The molecule has 0 atom stereocenters. The van der Waals surface area contributed by atoms with Crippen molar-refractivity contribution in [2.75, 3.05) is 6.79 Å². The van der Waals surface area contributed by atoms with E-state index in [1.807, 2.05) is 29.0 Å². The van der Waals surface area contributed by atoms with E-state index in [1.165, 1.54) is 11.1 Å². The summed E-state index contributed by atoms with van der Waals surface area (Å²) in [5, 5.41) is 3.48. The maximum Gasteiger partial charge on any atom is 0.231 e. The monoisotopic (exact) mass is 322 g/mol. The molecule has 0 unspecified atom stereocenters. The summed E-state index contributed by atoms with van der Waals surface area (Å²) in [6, 6.07) is 8.09. The Morgan fingerprint density at radius 1 is 1.12 bits per heavy atom. The summed E-state index contributed by atoms with van der Waals surface area (Å²) in [5.41, 5.74) is 3.51. The van der Waals surface area contributed by atoms with E-state index in [4.69, 9.17) is 9.47 Å². The lowest BCUT2D eigenvalue weighted by Crippen LogP contribution is -2.15. The van der Waals surface area contributed by atoms with Gasteiger partial charge in [0.2, 0.25) is 6.79 Å². The quantitative estimate of drug-likeness (QED) is 0.782. The van der Waals surface area contributed by atoms with E-state index in [1.54, 1.807) is 18.7 Å². The fraction of sp³-hybridized carbons (Fsp3) is 0.222. The third kappa shape index (κ3) is 2.83. The molecule has 2 aromatic heterocycles. The fourth-order valence-corrected chi connectivity index (χ4v) is 2.79. The predicted molar refractivity (Wildman–Crippen MR) is 89.2 cm³/mol. The Labute approximate surface area is 140 Å². The van der Waals surface area contributed by atoms with Crippen LogP contribution in [-0.4, -0.2) is 21.3 Å². The molecule has 3 heterocycles. The first-order valence-corrected chi connectivity index (χ1v) is 7.83. The van der Waals surface area contributed by atoms with Crippen LogP contribution in [0.2, 0.25) is 0 Å². The van der Waals surface area contributed by atoms with E-state index in [2.05, 4.69) is 28.3 Å². The van der Waals surface area contributed by atoms with Crippen LogP contribution < -0.4 is 14.8 Å². The Kier molecular flexibility index (Phi) is 3.88. The zero-order valence-electron chi connectivity index (χ0n) is 13.4. The molecule has 6 nitrogen and oxygen atoms in total. The minimum Gasteiger partial charge on any atom is -0.454 e. The molecule has 0 radical (unpaired) electrons. The number of rotatable bonds is 5. The van der Waals surface area contributed by atoms with Crippen LogP contribution in [0.15, 0.2) is 49.2 Å². The van der Waals surface area contributed by atoms with Gasteiger partial charge in [-0.1, -0.05) is 6.07 Å². The molecule has 3 aromatic rings. The summed E-state index contributed by atoms with van der Waals surface area (Å²) in [6.07, 6.45) is 7.20. The molecule has 1 N–H and O–H groups in total. The van der Waals surface area contributed by atoms with Gasteiger partial charge in [0, 0.05) is 37.2 Å². The van der Waals surface area contributed by atoms with Crippen LogP contribution in [-0.2, 0) is 13.1 Å². The zero-order valence-corrected chi connectivity index (χ0v) is 13.4. The molecule has 0 bridgehead atoms. The topological polar surface area (TPSA) is 61.2 Å². The first-order valence-electron chi connectivity index (χ1n) is 7.83. The number of fused-ring (bicyclic) bond motifs is 1. The largest absolute Gasteiger partial charge is 0.454 e. The zero-order chi connectivity index (χ0) is 16.4. The molecule has 1 aromatic carbocycles. The van der Waals surface area contributed by atoms with Gasteiger partial charge >= 0.3 is 0 Å². The summed E-state index contributed by atoms with van der Waals surface area (Å²) in [6.45, 7) is 3.85. The molecule has 0 saturated heterocycles. The second kappa shape index (κ2) is 6.33. The highest BCUT2D eigenvalue weighted by Crippen LogP contribution is 2.34. The van der Waals surface area contributed by atoms with Crippen LogP contribution in [0.4, 0.5) is 0 Å². The molecule has 0 fully saturated rings. The van der Waals surface area contributed by atoms with Crippen LogP contribution >= 0.6 is 0 Å². The highest BCUT2D eigenvalue weighted by atomic mass is 16.7. The highest BCUT2D eigenvalue weighted by molar-refractivity contribution is 5.48. The molecule has 0 saturated carbocycles. The van der Waals surface area contributed by atoms with Crippen molar-refractivity contribution in [3.05, 3.63) is 65.9 Å². The van der Waals surface area contributed by atoms with E-state index in [0.29, 0.717) is 6.79 Å². The SMILES string of the molecule is Cc1cc2c(cc1CNCc1cccnc1-n1ccnc1)OCO2. The Balaban J connectivity index is 1.47. The molecular formula is C18H18N4O2. The average molecular weight is 322 g/mol. The summed E-state index contributed by atoms with van der Waals surface area (Å²) in [4.78, 5) is 8.55. The van der Waals surface area contributed by atoms with E-state index in [-0.39, 0.29) is 0 Å². The number of nitrogens with zero attached hydrogens (tertiary/aromatic N) is 3. The lowest BCUT2D eigenvalue weighted by Gasteiger charge is -2.12. The maximum absolute atomic E-state index is 5.46. The van der Waals surface area contributed by atoms with Gasteiger partial charge in [-0.15, -0.1) is 0 Å². The molecular weight excluding hydrogens is 304 g/mol. The maximum atomic E-state index is 5.46. The Hall–Kier alpha value is -2.86. The molecule has 1 aliphatic heterocycles. The van der Waals surface area contributed by atoms with Crippen LogP contribution in [0.1, 0.15) is 16.7 Å². The van der Waals surface area contributed by atoms with Crippen molar-refractivity contribution in [2.24, 2.45) is 0 Å². The van der Waals surface area contributed by atoms with Gasteiger partial charge in [-0.2, -0.15) is 0 Å². The third-order valence-corrected chi connectivity index (χ3v) is 4.08. The average Bonchev–Trinajstić information content (AvgIpc) is 3.26. The minimum atomic E-state index is 0.301. The summed E-state index contributed by atoms with van der Waals surface area (Å²) in [7, 11) is 0. The molecule has 0 aliphatic carbocycles. The number of benzene rings is 1. The summed E-state index contributed by atoms with van der Waals surface area (Å²) in [5.74, 6) is 2.54. The number of imidazole rings is 1. The Bertz CT molecular complexity index is 846. The minimum absolute atomic E-state index is 0.301. The van der Waals surface area contributed by atoms with Gasteiger partial charge in [0.05, 0.1) is 0 Å².